The third-order valence-corrected chi connectivity index (χ3v) is 2.83. The summed E-state index contributed by atoms with van der Waals surface area (Å²) in [5.74, 6) is 1.35. The first-order valence-electron chi connectivity index (χ1n) is 6.04. The SMILES string of the molecule is CC(C)CN(c1ncc(N)cc1C#N)C1CC1. The van der Waals surface area contributed by atoms with Gasteiger partial charge in [0.05, 0.1) is 17.4 Å². The van der Waals surface area contributed by atoms with Crippen molar-refractivity contribution < 1.29 is 0 Å². The van der Waals surface area contributed by atoms with E-state index >= 15 is 0 Å². The van der Waals surface area contributed by atoms with Crippen molar-refractivity contribution in [1.82, 2.24) is 4.98 Å². The molecule has 0 unspecified atom stereocenters. The molecular weight excluding hydrogens is 212 g/mol. The van der Waals surface area contributed by atoms with Crippen LogP contribution in [0.5, 0.6) is 0 Å². The van der Waals surface area contributed by atoms with Crippen LogP contribution in [0.3, 0.4) is 0 Å². The molecule has 2 N–H and O–H groups in total. The van der Waals surface area contributed by atoms with Crippen LogP contribution in [0.1, 0.15) is 32.3 Å². The number of rotatable bonds is 4. The van der Waals surface area contributed by atoms with E-state index in [1.165, 1.54) is 12.8 Å². The van der Waals surface area contributed by atoms with Crippen LogP contribution in [0.2, 0.25) is 0 Å². The molecule has 1 aliphatic carbocycles. The second-order valence-corrected chi connectivity index (χ2v) is 5.03. The molecule has 1 aromatic heterocycles. The molecule has 0 aliphatic heterocycles. The van der Waals surface area contributed by atoms with Gasteiger partial charge in [0, 0.05) is 12.6 Å². The molecule has 1 aromatic rings. The molecule has 0 aromatic carbocycles. The number of nitrogen functional groups attached to an aromatic ring is 1. The highest BCUT2D eigenvalue weighted by Crippen LogP contribution is 2.33. The predicted octanol–water partition coefficient (Wildman–Crippen LogP) is 2.16. The van der Waals surface area contributed by atoms with Gasteiger partial charge in [0.2, 0.25) is 0 Å². The van der Waals surface area contributed by atoms with Gasteiger partial charge in [-0.1, -0.05) is 13.8 Å². The lowest BCUT2D eigenvalue weighted by Gasteiger charge is -2.26. The Kier molecular flexibility index (Phi) is 3.19. The summed E-state index contributed by atoms with van der Waals surface area (Å²) in [6, 6.07) is 4.45. The molecule has 1 heterocycles. The Hall–Kier alpha value is -1.76. The third kappa shape index (κ3) is 2.68. The number of nitrogens with zero attached hydrogens (tertiary/aromatic N) is 3. The fourth-order valence-electron chi connectivity index (χ4n) is 1.97. The second-order valence-electron chi connectivity index (χ2n) is 5.03. The largest absolute Gasteiger partial charge is 0.397 e. The molecule has 1 aliphatic rings. The zero-order chi connectivity index (χ0) is 12.4. The minimum absolute atomic E-state index is 0.547. The minimum Gasteiger partial charge on any atom is -0.397 e. The molecule has 1 fully saturated rings. The summed E-state index contributed by atoms with van der Waals surface area (Å²) in [6.07, 6.45) is 4.03. The van der Waals surface area contributed by atoms with E-state index < -0.39 is 0 Å². The van der Waals surface area contributed by atoms with E-state index in [0.29, 0.717) is 23.2 Å². The number of hydrogen-bond acceptors (Lipinski definition) is 4. The van der Waals surface area contributed by atoms with Crippen LogP contribution < -0.4 is 10.6 Å². The molecule has 0 radical (unpaired) electrons. The normalized spacial score (nSPS) is 14.7. The average Bonchev–Trinajstić information content (AvgIpc) is 3.09. The summed E-state index contributed by atoms with van der Waals surface area (Å²) in [5, 5.41) is 9.16. The molecular formula is C13H18N4. The molecule has 0 atom stereocenters. The highest BCUT2D eigenvalue weighted by molar-refractivity contribution is 5.59. The summed E-state index contributed by atoms with van der Waals surface area (Å²) in [4.78, 5) is 6.59. The monoisotopic (exact) mass is 230 g/mol. The zero-order valence-corrected chi connectivity index (χ0v) is 10.3. The number of pyridine rings is 1. The van der Waals surface area contributed by atoms with E-state index in [4.69, 9.17) is 11.0 Å². The van der Waals surface area contributed by atoms with E-state index in [-0.39, 0.29) is 0 Å². The van der Waals surface area contributed by atoms with Crippen molar-refractivity contribution in [2.75, 3.05) is 17.2 Å². The molecule has 1 saturated carbocycles. The van der Waals surface area contributed by atoms with Crippen LogP contribution in [0.15, 0.2) is 12.3 Å². The number of hydrogen-bond donors (Lipinski definition) is 1. The van der Waals surface area contributed by atoms with E-state index in [2.05, 4.69) is 29.8 Å². The predicted molar refractivity (Wildman–Crippen MR) is 68.6 cm³/mol. The number of aromatic nitrogens is 1. The maximum absolute atomic E-state index is 9.16. The van der Waals surface area contributed by atoms with Gasteiger partial charge in [0.25, 0.3) is 0 Å². The van der Waals surface area contributed by atoms with Gasteiger partial charge in [-0.05, 0) is 24.8 Å². The molecule has 4 heteroatoms. The van der Waals surface area contributed by atoms with Crippen LogP contribution in [-0.2, 0) is 0 Å². The molecule has 0 saturated heterocycles. The van der Waals surface area contributed by atoms with Gasteiger partial charge in [0.15, 0.2) is 0 Å². The van der Waals surface area contributed by atoms with Crippen LogP contribution in [0.25, 0.3) is 0 Å². The molecule has 0 spiro atoms. The topological polar surface area (TPSA) is 65.9 Å². The Bertz CT molecular complexity index is 443. The van der Waals surface area contributed by atoms with Crippen molar-refractivity contribution in [3.63, 3.8) is 0 Å². The van der Waals surface area contributed by atoms with Gasteiger partial charge in [-0.25, -0.2) is 4.98 Å². The summed E-state index contributed by atoms with van der Waals surface area (Å²) >= 11 is 0. The molecule has 2 rings (SSSR count). The second kappa shape index (κ2) is 4.62. The van der Waals surface area contributed by atoms with Crippen LogP contribution in [0, 0.1) is 17.2 Å². The smallest absolute Gasteiger partial charge is 0.146 e. The van der Waals surface area contributed by atoms with Gasteiger partial charge in [0.1, 0.15) is 11.9 Å². The summed E-state index contributed by atoms with van der Waals surface area (Å²) in [5.41, 5.74) is 6.79. The minimum atomic E-state index is 0.547. The highest BCUT2D eigenvalue weighted by atomic mass is 15.2. The summed E-state index contributed by atoms with van der Waals surface area (Å²) in [7, 11) is 0. The highest BCUT2D eigenvalue weighted by Gasteiger charge is 2.31. The van der Waals surface area contributed by atoms with E-state index in [1.54, 1.807) is 12.3 Å². The third-order valence-electron chi connectivity index (χ3n) is 2.83. The number of anilines is 2. The lowest BCUT2D eigenvalue weighted by Crippen LogP contribution is -2.31. The lowest BCUT2D eigenvalue weighted by molar-refractivity contribution is 0.602. The van der Waals surface area contributed by atoms with Gasteiger partial charge in [-0.2, -0.15) is 5.26 Å². The quantitative estimate of drug-likeness (QED) is 0.860. The fraction of sp³-hybridized carbons (Fsp3) is 0.538. The molecule has 0 bridgehead atoms. The van der Waals surface area contributed by atoms with Crippen LogP contribution >= 0.6 is 0 Å². The molecule has 17 heavy (non-hydrogen) atoms. The van der Waals surface area contributed by atoms with Gasteiger partial charge >= 0.3 is 0 Å². The number of nitrogens with two attached hydrogens (primary N) is 1. The molecule has 90 valence electrons. The number of nitriles is 1. The Morgan fingerprint density at radius 3 is 2.82 bits per heavy atom. The summed E-state index contributed by atoms with van der Waals surface area (Å²) < 4.78 is 0. The Morgan fingerprint density at radius 1 is 1.59 bits per heavy atom. The van der Waals surface area contributed by atoms with E-state index in [1.807, 2.05) is 0 Å². The summed E-state index contributed by atoms with van der Waals surface area (Å²) in [6.45, 7) is 5.30. The fourth-order valence-corrected chi connectivity index (χ4v) is 1.97. The van der Waals surface area contributed by atoms with Gasteiger partial charge in [-0.15, -0.1) is 0 Å². The van der Waals surface area contributed by atoms with E-state index in [0.717, 1.165) is 12.4 Å². The maximum Gasteiger partial charge on any atom is 0.146 e. The van der Waals surface area contributed by atoms with Gasteiger partial charge < -0.3 is 10.6 Å². The van der Waals surface area contributed by atoms with Crippen LogP contribution in [-0.4, -0.2) is 17.6 Å². The first kappa shape index (κ1) is 11.7. The Labute approximate surface area is 102 Å². The van der Waals surface area contributed by atoms with Crippen molar-refractivity contribution in [3.05, 3.63) is 17.8 Å². The molecule has 0 amide bonds. The van der Waals surface area contributed by atoms with Crippen molar-refractivity contribution in [2.24, 2.45) is 5.92 Å². The van der Waals surface area contributed by atoms with Crippen LogP contribution in [0.4, 0.5) is 11.5 Å². The van der Waals surface area contributed by atoms with E-state index in [9.17, 15) is 0 Å². The standard InChI is InChI=1S/C13H18N4/c1-9(2)8-17(12-3-4-12)13-10(6-14)5-11(15)7-16-13/h5,7,9,12H,3-4,8,15H2,1-2H3. The maximum atomic E-state index is 9.16. The van der Waals surface area contributed by atoms with Crippen molar-refractivity contribution in [3.8, 4) is 6.07 Å². The first-order chi connectivity index (χ1) is 8.11. The average molecular weight is 230 g/mol. The Balaban J connectivity index is 2.32. The van der Waals surface area contributed by atoms with Crippen molar-refractivity contribution in [1.29, 1.82) is 5.26 Å². The van der Waals surface area contributed by atoms with Gasteiger partial charge in [-0.3, -0.25) is 0 Å². The zero-order valence-electron chi connectivity index (χ0n) is 10.3. The molecule has 4 nitrogen and oxygen atoms in total. The first-order valence-corrected chi connectivity index (χ1v) is 6.04. The van der Waals surface area contributed by atoms with Crippen molar-refractivity contribution in [2.45, 2.75) is 32.7 Å². The lowest BCUT2D eigenvalue weighted by atomic mass is 10.1. The Morgan fingerprint density at radius 2 is 2.29 bits per heavy atom. The van der Waals surface area contributed by atoms with Crippen molar-refractivity contribution >= 4 is 11.5 Å².